The molecule has 0 bridgehead atoms. The summed E-state index contributed by atoms with van der Waals surface area (Å²) >= 11 is 6.61. The van der Waals surface area contributed by atoms with Gasteiger partial charge in [0.25, 0.3) is 11.4 Å². The number of hydrogen-bond donors (Lipinski definition) is 0. The number of nitro groups is 1. The lowest BCUT2D eigenvalue weighted by atomic mass is 9.83. The Balaban J connectivity index is 1.77. The van der Waals surface area contributed by atoms with Gasteiger partial charge in [-0.3, -0.25) is 14.7 Å². The number of nitrogens with zero attached hydrogens (tertiary/aromatic N) is 6. The Bertz CT molecular complexity index is 1860. The van der Waals surface area contributed by atoms with Crippen LogP contribution in [0.25, 0.3) is 17.2 Å². The van der Waals surface area contributed by atoms with Crippen molar-refractivity contribution in [2.24, 2.45) is 5.18 Å². The summed E-state index contributed by atoms with van der Waals surface area (Å²) in [5.41, 5.74) is -4.99. The van der Waals surface area contributed by atoms with E-state index in [4.69, 9.17) is 16.3 Å². The van der Waals surface area contributed by atoms with Crippen LogP contribution in [0.4, 0.5) is 14.5 Å². The molecule has 2 aromatic carbocycles. The van der Waals surface area contributed by atoms with Gasteiger partial charge in [-0.15, -0.1) is 15.1 Å². The van der Waals surface area contributed by atoms with Crippen LogP contribution in [-0.4, -0.2) is 46.3 Å². The molecule has 2 aromatic heterocycles. The topological polar surface area (TPSA) is 160 Å². The average Bonchev–Trinajstić information content (AvgIpc) is 3.44. The highest BCUT2D eigenvalue weighted by molar-refractivity contribution is 7.91. The lowest BCUT2D eigenvalue weighted by Gasteiger charge is -2.31. The molecule has 1 atom stereocenters. The predicted molar refractivity (Wildman–Crippen MR) is 159 cm³/mol. The summed E-state index contributed by atoms with van der Waals surface area (Å²) in [5.74, 6) is -0.276. The van der Waals surface area contributed by atoms with E-state index in [0.29, 0.717) is 31.6 Å². The third-order valence-corrected chi connectivity index (χ3v) is 9.74. The fourth-order valence-corrected chi connectivity index (χ4v) is 6.67. The van der Waals surface area contributed by atoms with Crippen molar-refractivity contribution in [3.8, 4) is 17.2 Å². The van der Waals surface area contributed by atoms with E-state index >= 15 is 0 Å². The largest absolute Gasteiger partial charge is 0.381 e. The highest BCUT2D eigenvalue weighted by Gasteiger charge is 2.38. The number of non-ortho nitro benzene ring substituents is 1. The number of sulfone groups is 1. The molecule has 230 valence electrons. The summed E-state index contributed by atoms with van der Waals surface area (Å²) < 4.78 is 63.5. The van der Waals surface area contributed by atoms with Gasteiger partial charge in [0, 0.05) is 50.2 Å². The molecule has 12 nitrogen and oxygen atoms in total. The number of ether oxygens (including phenoxy) is 1. The Morgan fingerprint density at radius 3 is 2.41 bits per heavy atom. The number of nitroso groups, excluding NO2 is 1. The van der Waals surface area contributed by atoms with Gasteiger partial charge in [0.2, 0.25) is 9.84 Å². The van der Waals surface area contributed by atoms with Gasteiger partial charge in [0.05, 0.1) is 14.8 Å². The molecule has 1 unspecified atom stereocenters. The number of pyridine rings is 1. The molecule has 3 heterocycles. The molecule has 1 aliphatic heterocycles. The Morgan fingerprint density at radius 1 is 1.14 bits per heavy atom. The van der Waals surface area contributed by atoms with Gasteiger partial charge < -0.3 is 4.74 Å². The van der Waals surface area contributed by atoms with Crippen molar-refractivity contribution in [3.05, 3.63) is 91.7 Å². The first-order valence-electron chi connectivity index (χ1n) is 13.2. The molecule has 5 rings (SSSR count). The first kappa shape index (κ1) is 31.6. The van der Waals surface area contributed by atoms with Crippen LogP contribution < -0.4 is 0 Å². The van der Waals surface area contributed by atoms with Crippen LogP contribution in [0.1, 0.15) is 36.8 Å². The normalized spacial score (nSPS) is 15.2. The van der Waals surface area contributed by atoms with Gasteiger partial charge in [-0.05, 0) is 42.0 Å². The maximum atomic E-state index is 14.5. The van der Waals surface area contributed by atoms with Gasteiger partial charge in [-0.1, -0.05) is 39.0 Å². The van der Waals surface area contributed by atoms with Crippen molar-refractivity contribution in [2.45, 2.75) is 47.2 Å². The highest BCUT2D eigenvalue weighted by atomic mass is 35.5. The molecule has 1 aliphatic rings. The average molecular weight is 665 g/mol. The quantitative estimate of drug-likeness (QED) is 0.0907. The molecule has 4 aromatic rings. The monoisotopic (exact) mass is 664 g/mol. The zero-order valence-electron chi connectivity index (χ0n) is 23.0. The van der Waals surface area contributed by atoms with Gasteiger partial charge >= 0.3 is 0 Å². The number of alkyl halides is 2. The minimum atomic E-state index is -4.49. The van der Waals surface area contributed by atoms with Crippen LogP contribution in [0.5, 0.6) is 0 Å². The Labute approximate surface area is 257 Å². The Hall–Kier alpha value is -3.78. The zero-order chi connectivity index (χ0) is 31.9. The maximum absolute atomic E-state index is 14.5. The number of nitro benzene ring substituents is 1. The SMILES string of the molecule is CCc1nnc(-c2cc(C3(N=O)CCOCC3)ccc2Cl)n1-c1nc(C(F)(F)P)ccc1S(=O)(=O)c1ccc([N+](=O)[O-])cc1. The number of aryl methyl sites for hydroxylation is 1. The van der Waals surface area contributed by atoms with E-state index < -0.39 is 42.4 Å². The standard InChI is InChI=1S/C27H24ClF2N6O6PS/c1-2-23-32-33-24(19-15-16(3-8-20(19)28)26(34-37)11-13-42-14-12-26)35(23)25-21(9-10-22(31-25)27(29,30)43)44(40,41)18-6-4-17(5-7-18)36(38)39/h3-10,15H,2,11-14,43H2,1H3. The third-order valence-electron chi connectivity index (χ3n) is 7.33. The molecule has 0 spiro atoms. The van der Waals surface area contributed by atoms with Crippen LogP contribution in [0, 0.1) is 15.0 Å². The predicted octanol–water partition coefficient (Wildman–Crippen LogP) is 5.98. The van der Waals surface area contributed by atoms with E-state index in [9.17, 15) is 32.2 Å². The Morgan fingerprint density at radius 2 is 1.82 bits per heavy atom. The minimum absolute atomic E-state index is 0.0151. The third kappa shape index (κ3) is 5.72. The molecular weight excluding hydrogens is 641 g/mol. The lowest BCUT2D eigenvalue weighted by molar-refractivity contribution is -0.384. The fourth-order valence-electron chi connectivity index (χ4n) is 4.94. The van der Waals surface area contributed by atoms with Crippen LogP contribution in [0.2, 0.25) is 5.02 Å². The van der Waals surface area contributed by atoms with Crippen LogP contribution >= 0.6 is 20.8 Å². The second-order valence-corrected chi connectivity index (χ2v) is 13.0. The van der Waals surface area contributed by atoms with Crippen molar-refractivity contribution in [3.63, 3.8) is 0 Å². The minimum Gasteiger partial charge on any atom is -0.381 e. The summed E-state index contributed by atoms with van der Waals surface area (Å²) in [7, 11) is -3.13. The van der Waals surface area contributed by atoms with Crippen molar-refractivity contribution >= 4 is 36.4 Å². The Kier molecular flexibility index (Phi) is 8.60. The molecule has 0 N–H and O–H groups in total. The smallest absolute Gasteiger partial charge is 0.300 e. The maximum Gasteiger partial charge on any atom is 0.300 e. The fraction of sp³-hybridized carbons (Fsp3) is 0.296. The second-order valence-electron chi connectivity index (χ2n) is 9.95. The first-order chi connectivity index (χ1) is 20.8. The number of rotatable bonds is 9. The lowest BCUT2D eigenvalue weighted by Crippen LogP contribution is -2.31. The summed E-state index contributed by atoms with van der Waals surface area (Å²) in [6, 6.07) is 10.8. The summed E-state index contributed by atoms with van der Waals surface area (Å²) in [5, 5.41) is 23.1. The number of benzene rings is 2. The van der Waals surface area contributed by atoms with Crippen molar-refractivity contribution in [2.75, 3.05) is 13.2 Å². The van der Waals surface area contributed by atoms with E-state index in [-0.39, 0.29) is 39.2 Å². The molecule has 1 fully saturated rings. The van der Waals surface area contributed by atoms with E-state index in [1.807, 2.05) is 0 Å². The van der Waals surface area contributed by atoms with Gasteiger partial charge in [0.15, 0.2) is 11.6 Å². The summed E-state index contributed by atoms with van der Waals surface area (Å²) in [6.45, 7) is 2.32. The van der Waals surface area contributed by atoms with E-state index in [2.05, 4.69) is 20.4 Å². The van der Waals surface area contributed by atoms with Crippen LogP contribution in [-0.2, 0) is 32.2 Å². The van der Waals surface area contributed by atoms with Gasteiger partial charge in [0.1, 0.15) is 22.0 Å². The number of halogens is 3. The number of hydrogen-bond acceptors (Lipinski definition) is 10. The molecule has 0 amide bonds. The van der Waals surface area contributed by atoms with Crippen molar-refractivity contribution in [1.29, 1.82) is 0 Å². The number of aromatic nitrogens is 4. The molecule has 17 heteroatoms. The molecule has 44 heavy (non-hydrogen) atoms. The molecule has 0 radical (unpaired) electrons. The summed E-state index contributed by atoms with van der Waals surface area (Å²) in [4.78, 5) is 25.8. The molecule has 0 aliphatic carbocycles. The van der Waals surface area contributed by atoms with Crippen LogP contribution in [0.15, 0.2) is 69.6 Å². The second kappa shape index (κ2) is 12.0. The van der Waals surface area contributed by atoms with Gasteiger partial charge in [-0.25, -0.2) is 13.4 Å². The van der Waals surface area contributed by atoms with E-state index in [0.717, 1.165) is 36.4 Å². The summed E-state index contributed by atoms with van der Waals surface area (Å²) in [6.07, 6.45) is 0.811. The van der Waals surface area contributed by atoms with E-state index in [1.165, 1.54) is 19.9 Å². The van der Waals surface area contributed by atoms with E-state index in [1.54, 1.807) is 19.1 Å². The highest BCUT2D eigenvalue weighted by Crippen LogP contribution is 2.41. The van der Waals surface area contributed by atoms with Crippen molar-refractivity contribution in [1.82, 2.24) is 19.7 Å². The first-order valence-corrected chi connectivity index (χ1v) is 15.6. The van der Waals surface area contributed by atoms with Crippen LogP contribution in [0.3, 0.4) is 0 Å². The zero-order valence-corrected chi connectivity index (χ0v) is 25.7. The van der Waals surface area contributed by atoms with Crippen molar-refractivity contribution < 1.29 is 26.9 Å². The molecule has 1 saturated heterocycles. The molecule has 0 saturated carbocycles. The van der Waals surface area contributed by atoms with Gasteiger partial charge in [-0.2, -0.15) is 8.78 Å². The molecular formula is C27H24ClF2N6O6PS.